The van der Waals surface area contributed by atoms with Crippen molar-refractivity contribution in [3.05, 3.63) is 83.9 Å². The molecule has 0 fully saturated rings. The Bertz CT molecular complexity index is 1100. The number of hydrogen-bond acceptors (Lipinski definition) is 2. The number of allylic oxidation sites excluding steroid dienone is 2. The normalized spacial score (nSPS) is 14.4. The van der Waals surface area contributed by atoms with Gasteiger partial charge in [0.2, 0.25) is 5.91 Å². The van der Waals surface area contributed by atoms with Gasteiger partial charge in [-0.1, -0.05) is 77.8 Å². The van der Waals surface area contributed by atoms with E-state index in [1.807, 2.05) is 54.6 Å². The van der Waals surface area contributed by atoms with Crippen molar-refractivity contribution in [2.45, 2.75) is 17.2 Å². The van der Waals surface area contributed by atoms with Crippen LogP contribution in [0.5, 0.6) is 0 Å². The Morgan fingerprint density at radius 3 is 2.39 bits per heavy atom. The summed E-state index contributed by atoms with van der Waals surface area (Å²) in [4.78, 5) is 24.7. The van der Waals surface area contributed by atoms with Gasteiger partial charge in [-0.2, -0.15) is 0 Å². The van der Waals surface area contributed by atoms with E-state index >= 15 is 0 Å². The van der Waals surface area contributed by atoms with Crippen LogP contribution in [0, 0.1) is 0 Å². The van der Waals surface area contributed by atoms with Crippen LogP contribution in [-0.4, -0.2) is 11.7 Å². The fourth-order valence-corrected chi connectivity index (χ4v) is 4.16. The number of ketones is 1. The SMILES string of the molecule is O=C(CC(=O)Nc1ccccc1)CC1=CC(Cl)(Cl)c2ccc3ccccc3c21. The third kappa shape index (κ3) is 3.68. The van der Waals surface area contributed by atoms with Gasteiger partial charge in [-0.25, -0.2) is 0 Å². The molecule has 0 saturated carbocycles. The summed E-state index contributed by atoms with van der Waals surface area (Å²) in [6, 6.07) is 20.8. The first-order valence-electron chi connectivity index (χ1n) is 8.93. The number of Topliss-reactive ketones (excluding diaryl/α,β-unsaturated/α-hetero) is 1. The third-order valence-corrected chi connectivity index (χ3v) is 5.39. The standard InChI is InChI=1S/C23H17Cl2NO2/c24-23(25)14-16(22-19-9-5-4-6-15(19)10-11-20(22)23)12-18(27)13-21(28)26-17-7-2-1-3-8-17/h1-11,14H,12-13H2,(H,26,28). The molecule has 28 heavy (non-hydrogen) atoms. The molecule has 0 radical (unpaired) electrons. The molecule has 0 aromatic heterocycles. The maximum atomic E-state index is 12.6. The van der Waals surface area contributed by atoms with Crippen LogP contribution in [0.25, 0.3) is 16.3 Å². The number of carbonyl (C=O) groups excluding carboxylic acids is 2. The minimum atomic E-state index is -1.18. The average molecular weight is 410 g/mol. The van der Waals surface area contributed by atoms with Gasteiger partial charge in [-0.3, -0.25) is 9.59 Å². The number of fused-ring (bicyclic) bond motifs is 3. The molecule has 4 rings (SSSR count). The predicted molar refractivity (Wildman–Crippen MR) is 115 cm³/mol. The van der Waals surface area contributed by atoms with Crippen molar-refractivity contribution in [3.63, 3.8) is 0 Å². The van der Waals surface area contributed by atoms with E-state index in [1.54, 1.807) is 18.2 Å². The molecule has 3 aromatic carbocycles. The lowest BCUT2D eigenvalue weighted by molar-refractivity contribution is -0.124. The summed E-state index contributed by atoms with van der Waals surface area (Å²) in [6.45, 7) is 0. The van der Waals surface area contributed by atoms with E-state index in [4.69, 9.17) is 23.2 Å². The number of carbonyl (C=O) groups is 2. The van der Waals surface area contributed by atoms with Crippen LogP contribution >= 0.6 is 23.2 Å². The molecule has 5 heteroatoms. The van der Waals surface area contributed by atoms with Crippen molar-refractivity contribution in [3.8, 4) is 0 Å². The van der Waals surface area contributed by atoms with Crippen LogP contribution in [0.3, 0.4) is 0 Å². The van der Waals surface area contributed by atoms with Crippen LogP contribution < -0.4 is 5.32 Å². The van der Waals surface area contributed by atoms with Gasteiger partial charge in [0.15, 0.2) is 4.33 Å². The van der Waals surface area contributed by atoms with Gasteiger partial charge in [-0.15, -0.1) is 0 Å². The molecular formula is C23H17Cl2NO2. The first kappa shape index (κ1) is 18.7. The molecule has 0 spiro atoms. The van der Waals surface area contributed by atoms with Crippen LogP contribution in [0.2, 0.25) is 0 Å². The molecular weight excluding hydrogens is 393 g/mol. The van der Waals surface area contributed by atoms with E-state index in [9.17, 15) is 9.59 Å². The summed E-state index contributed by atoms with van der Waals surface area (Å²) >= 11 is 13.0. The Kier molecular flexibility index (Phi) is 4.96. The molecule has 3 nitrogen and oxygen atoms in total. The average Bonchev–Trinajstić information content (AvgIpc) is 2.92. The Morgan fingerprint density at radius 1 is 0.893 bits per heavy atom. The fraction of sp³-hybridized carbons (Fsp3) is 0.130. The molecule has 1 N–H and O–H groups in total. The Labute approximate surface area is 173 Å². The van der Waals surface area contributed by atoms with Gasteiger partial charge in [-0.05, 0) is 45.7 Å². The molecule has 1 aliphatic carbocycles. The van der Waals surface area contributed by atoms with Crippen molar-refractivity contribution in [2.24, 2.45) is 0 Å². The van der Waals surface area contributed by atoms with E-state index in [0.29, 0.717) is 5.69 Å². The molecule has 0 saturated heterocycles. The Morgan fingerprint density at radius 2 is 1.61 bits per heavy atom. The van der Waals surface area contributed by atoms with Crippen LogP contribution in [0.1, 0.15) is 24.0 Å². The number of alkyl halides is 2. The monoisotopic (exact) mass is 409 g/mol. The van der Waals surface area contributed by atoms with E-state index in [2.05, 4.69) is 5.32 Å². The lowest BCUT2D eigenvalue weighted by Gasteiger charge is -2.14. The maximum absolute atomic E-state index is 12.6. The molecule has 0 heterocycles. The zero-order valence-electron chi connectivity index (χ0n) is 14.9. The molecule has 0 unspecified atom stereocenters. The van der Waals surface area contributed by atoms with Crippen molar-refractivity contribution in [2.75, 3.05) is 5.32 Å². The summed E-state index contributed by atoms with van der Waals surface area (Å²) < 4.78 is -1.18. The largest absolute Gasteiger partial charge is 0.326 e. The fourth-order valence-electron chi connectivity index (χ4n) is 3.58. The van der Waals surface area contributed by atoms with Crippen molar-refractivity contribution >= 4 is 56.9 Å². The smallest absolute Gasteiger partial charge is 0.231 e. The van der Waals surface area contributed by atoms with Gasteiger partial charge in [0.1, 0.15) is 5.78 Å². The van der Waals surface area contributed by atoms with Crippen LogP contribution in [0.15, 0.2) is 72.8 Å². The van der Waals surface area contributed by atoms with Crippen molar-refractivity contribution < 1.29 is 9.59 Å². The maximum Gasteiger partial charge on any atom is 0.231 e. The third-order valence-electron chi connectivity index (χ3n) is 4.77. The summed E-state index contributed by atoms with van der Waals surface area (Å²) in [5.41, 5.74) is 3.08. The first-order chi connectivity index (χ1) is 13.4. The molecule has 3 aromatic rings. The molecule has 0 aliphatic heterocycles. The molecule has 0 atom stereocenters. The van der Waals surface area contributed by atoms with E-state index in [-0.39, 0.29) is 24.5 Å². The second-order valence-electron chi connectivity index (χ2n) is 6.81. The highest BCUT2D eigenvalue weighted by Gasteiger charge is 2.36. The van der Waals surface area contributed by atoms with E-state index in [1.165, 1.54) is 0 Å². The highest BCUT2D eigenvalue weighted by Crippen LogP contribution is 2.50. The summed E-state index contributed by atoms with van der Waals surface area (Å²) in [7, 11) is 0. The summed E-state index contributed by atoms with van der Waals surface area (Å²) in [5.74, 6) is -0.527. The lowest BCUT2D eigenvalue weighted by Crippen LogP contribution is -2.16. The number of halogens is 2. The Hall–Kier alpha value is -2.62. The highest BCUT2D eigenvalue weighted by atomic mass is 35.5. The topological polar surface area (TPSA) is 46.2 Å². The highest BCUT2D eigenvalue weighted by molar-refractivity contribution is 6.51. The van der Waals surface area contributed by atoms with Gasteiger partial charge < -0.3 is 5.32 Å². The summed E-state index contributed by atoms with van der Waals surface area (Å²) in [5, 5.41) is 4.78. The van der Waals surface area contributed by atoms with Gasteiger partial charge in [0.25, 0.3) is 0 Å². The number of amides is 1. The summed E-state index contributed by atoms with van der Waals surface area (Å²) in [6.07, 6.45) is 1.61. The zero-order chi connectivity index (χ0) is 19.7. The number of anilines is 1. The minimum absolute atomic E-state index is 0.102. The van der Waals surface area contributed by atoms with Gasteiger partial charge in [0, 0.05) is 12.1 Å². The number of rotatable bonds is 5. The Balaban J connectivity index is 1.55. The number of hydrogen-bond donors (Lipinski definition) is 1. The zero-order valence-corrected chi connectivity index (χ0v) is 16.4. The number of para-hydroxylation sites is 1. The van der Waals surface area contributed by atoms with Crippen LogP contribution in [0.4, 0.5) is 5.69 Å². The first-order valence-corrected chi connectivity index (χ1v) is 9.68. The van der Waals surface area contributed by atoms with Gasteiger partial charge >= 0.3 is 0 Å². The predicted octanol–water partition coefficient (Wildman–Crippen LogP) is 5.86. The van der Waals surface area contributed by atoms with Crippen molar-refractivity contribution in [1.82, 2.24) is 0 Å². The second kappa shape index (κ2) is 7.42. The molecule has 140 valence electrons. The second-order valence-corrected chi connectivity index (χ2v) is 8.19. The molecule has 0 bridgehead atoms. The number of benzene rings is 3. The number of nitrogens with one attached hydrogen (secondary N) is 1. The van der Waals surface area contributed by atoms with Crippen LogP contribution in [-0.2, 0) is 13.9 Å². The van der Waals surface area contributed by atoms with Crippen molar-refractivity contribution in [1.29, 1.82) is 0 Å². The van der Waals surface area contributed by atoms with E-state index < -0.39 is 4.33 Å². The lowest BCUT2D eigenvalue weighted by atomic mass is 9.94. The quantitative estimate of drug-likeness (QED) is 0.423. The molecule has 1 amide bonds. The van der Waals surface area contributed by atoms with Gasteiger partial charge in [0.05, 0.1) is 6.42 Å². The molecule has 1 aliphatic rings. The minimum Gasteiger partial charge on any atom is -0.326 e. The van der Waals surface area contributed by atoms with E-state index in [0.717, 1.165) is 27.5 Å².